The molecule has 2 nitrogen and oxygen atoms in total. The molecule has 0 saturated carbocycles. The quantitative estimate of drug-likeness (QED) is 0.677. The zero-order chi connectivity index (χ0) is 10.4. The highest BCUT2D eigenvalue weighted by atomic mass is 19.1. The third-order valence-corrected chi connectivity index (χ3v) is 2.03. The Kier molecular flexibility index (Phi) is 4.36. The van der Waals surface area contributed by atoms with Gasteiger partial charge in [-0.1, -0.05) is 20.3 Å². The van der Waals surface area contributed by atoms with Gasteiger partial charge in [0.25, 0.3) is 5.95 Å². The fourth-order valence-corrected chi connectivity index (χ4v) is 1.29. The summed E-state index contributed by atoms with van der Waals surface area (Å²) in [4.78, 5) is 3.51. The molecule has 0 fully saturated rings. The molecule has 0 N–H and O–H groups in total. The molecule has 0 aromatic carbocycles. The molecule has 0 radical (unpaired) electrons. The van der Waals surface area contributed by atoms with Crippen molar-refractivity contribution < 1.29 is 9.13 Å². The van der Waals surface area contributed by atoms with E-state index in [0.29, 0.717) is 12.5 Å². The summed E-state index contributed by atoms with van der Waals surface area (Å²) >= 11 is 0. The van der Waals surface area contributed by atoms with Gasteiger partial charge in [-0.15, -0.1) is 0 Å². The SMILES string of the molecule is CCCC(C)COc1cccnc1F. The number of hydrogen-bond donors (Lipinski definition) is 0. The molecule has 78 valence electrons. The lowest BCUT2D eigenvalue weighted by Gasteiger charge is -2.11. The first-order chi connectivity index (χ1) is 6.74. The van der Waals surface area contributed by atoms with Gasteiger partial charge in [0.1, 0.15) is 0 Å². The van der Waals surface area contributed by atoms with Crippen molar-refractivity contribution in [2.45, 2.75) is 26.7 Å². The molecular formula is C11H16FNO. The van der Waals surface area contributed by atoms with Crippen LogP contribution in [0, 0.1) is 11.9 Å². The first-order valence-corrected chi connectivity index (χ1v) is 4.97. The highest BCUT2D eigenvalue weighted by Crippen LogP contribution is 2.15. The number of nitrogens with zero attached hydrogens (tertiary/aromatic N) is 1. The molecule has 1 heterocycles. The lowest BCUT2D eigenvalue weighted by molar-refractivity contribution is 0.239. The van der Waals surface area contributed by atoms with E-state index >= 15 is 0 Å². The summed E-state index contributed by atoms with van der Waals surface area (Å²) in [5.41, 5.74) is 0. The minimum Gasteiger partial charge on any atom is -0.489 e. The molecule has 0 aliphatic heterocycles. The van der Waals surface area contributed by atoms with Crippen molar-refractivity contribution >= 4 is 0 Å². The van der Waals surface area contributed by atoms with Crippen molar-refractivity contribution in [3.05, 3.63) is 24.3 Å². The van der Waals surface area contributed by atoms with Gasteiger partial charge < -0.3 is 4.74 Å². The molecule has 1 rings (SSSR count). The predicted octanol–water partition coefficient (Wildman–Crippen LogP) is 3.04. The lowest BCUT2D eigenvalue weighted by atomic mass is 10.1. The largest absolute Gasteiger partial charge is 0.489 e. The molecular weight excluding hydrogens is 181 g/mol. The Morgan fingerprint density at radius 1 is 1.57 bits per heavy atom. The Labute approximate surface area is 84.1 Å². The van der Waals surface area contributed by atoms with E-state index in [9.17, 15) is 4.39 Å². The zero-order valence-corrected chi connectivity index (χ0v) is 8.66. The van der Waals surface area contributed by atoms with Gasteiger partial charge in [0, 0.05) is 6.20 Å². The van der Waals surface area contributed by atoms with E-state index in [4.69, 9.17) is 4.74 Å². The Morgan fingerprint density at radius 3 is 3.00 bits per heavy atom. The molecule has 0 aliphatic rings. The average molecular weight is 197 g/mol. The monoisotopic (exact) mass is 197 g/mol. The van der Waals surface area contributed by atoms with Crippen LogP contribution in [0.15, 0.2) is 18.3 Å². The van der Waals surface area contributed by atoms with Crippen molar-refractivity contribution in [2.24, 2.45) is 5.92 Å². The molecule has 1 aromatic rings. The van der Waals surface area contributed by atoms with Crippen LogP contribution in [0.1, 0.15) is 26.7 Å². The maximum atomic E-state index is 13.0. The highest BCUT2D eigenvalue weighted by Gasteiger charge is 2.05. The smallest absolute Gasteiger partial charge is 0.255 e. The number of pyridine rings is 1. The molecule has 1 aromatic heterocycles. The third-order valence-electron chi connectivity index (χ3n) is 2.03. The second-order valence-electron chi connectivity index (χ2n) is 3.50. The van der Waals surface area contributed by atoms with Crippen molar-refractivity contribution in [1.82, 2.24) is 4.98 Å². The Balaban J connectivity index is 2.41. The summed E-state index contributed by atoms with van der Waals surface area (Å²) in [6.07, 6.45) is 3.64. The van der Waals surface area contributed by atoms with E-state index in [-0.39, 0.29) is 5.75 Å². The topological polar surface area (TPSA) is 22.1 Å². The first kappa shape index (κ1) is 11.0. The molecule has 0 spiro atoms. The Bertz CT molecular complexity index is 278. The van der Waals surface area contributed by atoms with Crippen LogP contribution < -0.4 is 4.74 Å². The van der Waals surface area contributed by atoms with Gasteiger partial charge in [0.05, 0.1) is 6.61 Å². The zero-order valence-electron chi connectivity index (χ0n) is 8.66. The molecule has 1 unspecified atom stereocenters. The van der Waals surface area contributed by atoms with E-state index < -0.39 is 5.95 Å². The molecule has 0 bridgehead atoms. The van der Waals surface area contributed by atoms with Crippen LogP contribution in [0.4, 0.5) is 4.39 Å². The fourth-order valence-electron chi connectivity index (χ4n) is 1.29. The summed E-state index contributed by atoms with van der Waals surface area (Å²) in [6.45, 7) is 4.77. The second kappa shape index (κ2) is 5.58. The summed E-state index contributed by atoms with van der Waals surface area (Å²) in [5.74, 6) is 0.172. The molecule has 3 heteroatoms. The molecule has 0 aliphatic carbocycles. The standard InChI is InChI=1S/C11H16FNO/c1-3-5-9(2)8-14-10-6-4-7-13-11(10)12/h4,6-7,9H,3,5,8H2,1-2H3. The number of ether oxygens (including phenoxy) is 1. The second-order valence-corrected chi connectivity index (χ2v) is 3.50. The van der Waals surface area contributed by atoms with Gasteiger partial charge in [-0.25, -0.2) is 4.98 Å². The van der Waals surface area contributed by atoms with Crippen molar-refractivity contribution in [3.63, 3.8) is 0 Å². The minimum atomic E-state index is -0.531. The third kappa shape index (κ3) is 3.32. The molecule has 14 heavy (non-hydrogen) atoms. The van der Waals surface area contributed by atoms with Crippen molar-refractivity contribution in [2.75, 3.05) is 6.61 Å². The molecule has 1 atom stereocenters. The number of rotatable bonds is 5. The van der Waals surface area contributed by atoms with E-state index in [1.165, 1.54) is 6.20 Å². The number of halogens is 1. The van der Waals surface area contributed by atoms with Crippen LogP contribution in [0.2, 0.25) is 0 Å². The first-order valence-electron chi connectivity index (χ1n) is 4.97. The van der Waals surface area contributed by atoms with Gasteiger partial charge in [-0.05, 0) is 24.5 Å². The van der Waals surface area contributed by atoms with Crippen LogP contribution in [-0.2, 0) is 0 Å². The lowest BCUT2D eigenvalue weighted by Crippen LogP contribution is -2.09. The van der Waals surface area contributed by atoms with Gasteiger partial charge in [-0.2, -0.15) is 4.39 Å². The Morgan fingerprint density at radius 2 is 2.36 bits per heavy atom. The van der Waals surface area contributed by atoms with Crippen LogP contribution in [0.5, 0.6) is 5.75 Å². The maximum Gasteiger partial charge on any atom is 0.255 e. The fraction of sp³-hybridized carbons (Fsp3) is 0.545. The van der Waals surface area contributed by atoms with Gasteiger partial charge in [-0.3, -0.25) is 0 Å². The van der Waals surface area contributed by atoms with Crippen LogP contribution >= 0.6 is 0 Å². The highest BCUT2D eigenvalue weighted by molar-refractivity contribution is 5.17. The van der Waals surface area contributed by atoms with E-state index in [1.807, 2.05) is 0 Å². The Hall–Kier alpha value is -1.12. The molecule has 0 amide bonds. The van der Waals surface area contributed by atoms with Crippen molar-refractivity contribution in [1.29, 1.82) is 0 Å². The summed E-state index contributed by atoms with van der Waals surface area (Å²) < 4.78 is 18.3. The van der Waals surface area contributed by atoms with Crippen molar-refractivity contribution in [3.8, 4) is 5.75 Å². The predicted molar refractivity (Wildman–Crippen MR) is 53.8 cm³/mol. The molecule has 0 saturated heterocycles. The maximum absolute atomic E-state index is 13.0. The number of aromatic nitrogens is 1. The summed E-state index contributed by atoms with van der Waals surface area (Å²) in [7, 11) is 0. The van der Waals surface area contributed by atoms with Crippen LogP contribution in [-0.4, -0.2) is 11.6 Å². The summed E-state index contributed by atoms with van der Waals surface area (Å²) in [6, 6.07) is 3.27. The van der Waals surface area contributed by atoms with Gasteiger partial charge in [0.2, 0.25) is 0 Å². The van der Waals surface area contributed by atoms with E-state index in [2.05, 4.69) is 18.8 Å². The number of hydrogen-bond acceptors (Lipinski definition) is 2. The van der Waals surface area contributed by atoms with Crippen LogP contribution in [0.3, 0.4) is 0 Å². The van der Waals surface area contributed by atoms with Gasteiger partial charge >= 0.3 is 0 Å². The normalized spacial score (nSPS) is 12.5. The average Bonchev–Trinajstić information content (AvgIpc) is 2.17. The van der Waals surface area contributed by atoms with Crippen LogP contribution in [0.25, 0.3) is 0 Å². The van der Waals surface area contributed by atoms with E-state index in [0.717, 1.165) is 12.8 Å². The summed E-state index contributed by atoms with van der Waals surface area (Å²) in [5, 5.41) is 0. The van der Waals surface area contributed by atoms with E-state index in [1.54, 1.807) is 12.1 Å². The van der Waals surface area contributed by atoms with Gasteiger partial charge in [0.15, 0.2) is 5.75 Å². The minimum absolute atomic E-state index is 0.246.